The van der Waals surface area contributed by atoms with Crippen LogP contribution < -0.4 is 0 Å². The van der Waals surface area contributed by atoms with Gasteiger partial charge in [0.05, 0.1) is 4.90 Å². The lowest BCUT2D eigenvalue weighted by Crippen LogP contribution is -2.46. The number of carbonyl (C=O) groups excluding carboxylic acids is 1. The maximum absolute atomic E-state index is 13.0. The minimum absolute atomic E-state index is 0.0233. The van der Waals surface area contributed by atoms with Gasteiger partial charge < -0.3 is 4.90 Å². The molecule has 2 fully saturated rings. The van der Waals surface area contributed by atoms with Crippen LogP contribution in [-0.4, -0.2) is 49.7 Å². The number of benzene rings is 1. The number of likely N-dealkylation sites (tertiary alicyclic amines) is 1. The zero-order chi connectivity index (χ0) is 19.0. The van der Waals surface area contributed by atoms with Gasteiger partial charge >= 0.3 is 0 Å². The van der Waals surface area contributed by atoms with Gasteiger partial charge in [-0.1, -0.05) is 13.0 Å². The first-order valence-electron chi connectivity index (χ1n) is 10.4. The lowest BCUT2D eigenvalue weighted by molar-refractivity contribution is -0.138. The highest BCUT2D eigenvalue weighted by molar-refractivity contribution is 7.89. The van der Waals surface area contributed by atoms with E-state index >= 15 is 0 Å². The number of hydrogen-bond acceptors (Lipinski definition) is 3. The molecule has 6 heteroatoms. The van der Waals surface area contributed by atoms with Crippen molar-refractivity contribution in [2.75, 3.05) is 26.2 Å². The molecule has 2 heterocycles. The molecule has 2 aliphatic heterocycles. The molecule has 148 valence electrons. The third-order valence-electron chi connectivity index (χ3n) is 6.61. The molecule has 5 nitrogen and oxygen atoms in total. The summed E-state index contributed by atoms with van der Waals surface area (Å²) in [6, 6.07) is 5.60. The molecule has 0 atom stereocenters. The predicted molar refractivity (Wildman–Crippen MR) is 105 cm³/mol. The Morgan fingerprint density at radius 1 is 0.963 bits per heavy atom. The molecule has 1 aromatic rings. The molecular weight excluding hydrogens is 360 g/mol. The highest BCUT2D eigenvalue weighted by Gasteiger charge is 2.34. The third-order valence-corrected chi connectivity index (χ3v) is 8.50. The number of rotatable bonds is 3. The van der Waals surface area contributed by atoms with Crippen molar-refractivity contribution in [3.8, 4) is 0 Å². The molecule has 1 amide bonds. The van der Waals surface area contributed by atoms with E-state index in [4.69, 9.17) is 0 Å². The van der Waals surface area contributed by atoms with Crippen molar-refractivity contribution in [1.82, 2.24) is 9.21 Å². The quantitative estimate of drug-likeness (QED) is 0.797. The van der Waals surface area contributed by atoms with Crippen molar-refractivity contribution < 1.29 is 13.2 Å². The fourth-order valence-corrected chi connectivity index (χ4v) is 6.21. The van der Waals surface area contributed by atoms with E-state index in [0.29, 0.717) is 36.7 Å². The van der Waals surface area contributed by atoms with Gasteiger partial charge in [-0.2, -0.15) is 4.31 Å². The number of nitrogens with zero attached hydrogens (tertiary/aromatic N) is 2. The van der Waals surface area contributed by atoms with Gasteiger partial charge in [0, 0.05) is 32.1 Å². The highest BCUT2D eigenvalue weighted by atomic mass is 32.2. The van der Waals surface area contributed by atoms with E-state index in [1.165, 1.54) is 11.1 Å². The Morgan fingerprint density at radius 3 is 2.33 bits per heavy atom. The van der Waals surface area contributed by atoms with Crippen molar-refractivity contribution in [1.29, 1.82) is 0 Å². The van der Waals surface area contributed by atoms with Crippen molar-refractivity contribution >= 4 is 15.9 Å². The minimum atomic E-state index is -3.46. The van der Waals surface area contributed by atoms with Crippen LogP contribution in [0.3, 0.4) is 0 Å². The molecular formula is C21H30N2O3S. The van der Waals surface area contributed by atoms with E-state index < -0.39 is 10.0 Å². The minimum Gasteiger partial charge on any atom is -0.342 e. The molecule has 0 aromatic heterocycles. The number of amides is 1. The lowest BCUT2D eigenvalue weighted by Gasteiger charge is -2.36. The van der Waals surface area contributed by atoms with Crippen LogP contribution in [0.5, 0.6) is 0 Å². The van der Waals surface area contributed by atoms with Gasteiger partial charge in [0.2, 0.25) is 15.9 Å². The van der Waals surface area contributed by atoms with Crippen LogP contribution in [0.1, 0.15) is 50.2 Å². The molecule has 4 rings (SSSR count). The summed E-state index contributed by atoms with van der Waals surface area (Å²) in [6.45, 7) is 4.84. The molecule has 0 spiro atoms. The van der Waals surface area contributed by atoms with Crippen LogP contribution in [-0.2, 0) is 27.7 Å². The molecule has 1 aliphatic carbocycles. The Labute approximate surface area is 162 Å². The molecule has 0 radical (unpaired) electrons. The van der Waals surface area contributed by atoms with Gasteiger partial charge in [-0.15, -0.1) is 0 Å². The first-order valence-corrected chi connectivity index (χ1v) is 11.8. The van der Waals surface area contributed by atoms with Gasteiger partial charge in [-0.25, -0.2) is 8.42 Å². The molecule has 2 saturated heterocycles. The Bertz CT molecular complexity index is 805. The Morgan fingerprint density at radius 2 is 1.63 bits per heavy atom. The van der Waals surface area contributed by atoms with E-state index in [0.717, 1.165) is 45.2 Å². The van der Waals surface area contributed by atoms with Gasteiger partial charge in [0.1, 0.15) is 0 Å². The van der Waals surface area contributed by atoms with Crippen molar-refractivity contribution in [2.24, 2.45) is 11.8 Å². The number of sulfonamides is 1. The van der Waals surface area contributed by atoms with Crippen LogP contribution in [0.15, 0.2) is 23.1 Å². The standard InChI is InChI=1S/C21H30N2O3S/c1-16-7-11-22(12-8-16)21(24)18-9-13-23(14-10-18)27(25,26)20-6-5-17-3-2-4-19(17)15-20/h5-6,15-16,18H,2-4,7-14H2,1H3. The van der Waals surface area contributed by atoms with E-state index in [1.807, 2.05) is 17.0 Å². The maximum Gasteiger partial charge on any atom is 0.243 e. The van der Waals surface area contributed by atoms with Gasteiger partial charge in [0.25, 0.3) is 0 Å². The van der Waals surface area contributed by atoms with Crippen molar-refractivity contribution in [2.45, 2.75) is 56.8 Å². The highest BCUT2D eigenvalue weighted by Crippen LogP contribution is 2.29. The summed E-state index contributed by atoms with van der Waals surface area (Å²) in [4.78, 5) is 15.2. The molecule has 3 aliphatic rings. The predicted octanol–water partition coefficient (Wildman–Crippen LogP) is 2.83. The third kappa shape index (κ3) is 3.79. The molecule has 0 unspecified atom stereocenters. The number of piperidine rings is 2. The average Bonchev–Trinajstić information content (AvgIpc) is 3.16. The normalized spacial score (nSPS) is 22.8. The summed E-state index contributed by atoms with van der Waals surface area (Å²) >= 11 is 0. The van der Waals surface area contributed by atoms with Crippen LogP contribution in [0, 0.1) is 11.8 Å². The second-order valence-corrected chi connectivity index (χ2v) is 10.4. The smallest absolute Gasteiger partial charge is 0.243 e. The fraction of sp³-hybridized carbons (Fsp3) is 0.667. The van der Waals surface area contributed by atoms with Crippen molar-refractivity contribution in [3.63, 3.8) is 0 Å². The van der Waals surface area contributed by atoms with Gasteiger partial charge in [0.15, 0.2) is 0 Å². The zero-order valence-electron chi connectivity index (χ0n) is 16.2. The summed E-state index contributed by atoms with van der Waals surface area (Å²) < 4.78 is 27.6. The first kappa shape index (κ1) is 18.9. The van der Waals surface area contributed by atoms with E-state index in [2.05, 4.69) is 6.92 Å². The van der Waals surface area contributed by atoms with E-state index in [9.17, 15) is 13.2 Å². The Hall–Kier alpha value is -1.40. The van der Waals surface area contributed by atoms with Gasteiger partial charge in [-0.3, -0.25) is 4.79 Å². The molecule has 0 bridgehead atoms. The number of hydrogen-bond donors (Lipinski definition) is 0. The number of fused-ring (bicyclic) bond motifs is 1. The van der Waals surface area contributed by atoms with Crippen LogP contribution >= 0.6 is 0 Å². The second-order valence-electron chi connectivity index (χ2n) is 8.47. The summed E-state index contributed by atoms with van der Waals surface area (Å²) in [6.07, 6.45) is 6.57. The molecule has 27 heavy (non-hydrogen) atoms. The van der Waals surface area contributed by atoms with E-state index in [-0.39, 0.29) is 11.8 Å². The zero-order valence-corrected chi connectivity index (χ0v) is 17.0. The first-order chi connectivity index (χ1) is 12.9. The van der Waals surface area contributed by atoms with Gasteiger partial charge in [-0.05, 0) is 74.1 Å². The number of aryl methyl sites for hydroxylation is 2. The summed E-state index contributed by atoms with van der Waals surface area (Å²) in [5.74, 6) is 0.912. The lowest BCUT2D eigenvalue weighted by atomic mass is 9.93. The summed E-state index contributed by atoms with van der Waals surface area (Å²) in [7, 11) is -3.46. The summed E-state index contributed by atoms with van der Waals surface area (Å²) in [5.41, 5.74) is 2.47. The Balaban J connectivity index is 1.39. The topological polar surface area (TPSA) is 57.7 Å². The fourth-order valence-electron chi connectivity index (χ4n) is 4.69. The number of carbonyl (C=O) groups is 1. The van der Waals surface area contributed by atoms with Crippen LogP contribution in [0.4, 0.5) is 0 Å². The van der Waals surface area contributed by atoms with E-state index in [1.54, 1.807) is 10.4 Å². The largest absolute Gasteiger partial charge is 0.342 e. The van der Waals surface area contributed by atoms with Crippen LogP contribution in [0.2, 0.25) is 0 Å². The molecule has 1 aromatic carbocycles. The SMILES string of the molecule is CC1CCN(C(=O)C2CCN(S(=O)(=O)c3ccc4c(c3)CCC4)CC2)CC1. The molecule has 0 saturated carbocycles. The van der Waals surface area contributed by atoms with Crippen LogP contribution in [0.25, 0.3) is 0 Å². The molecule has 0 N–H and O–H groups in total. The summed E-state index contributed by atoms with van der Waals surface area (Å²) in [5, 5.41) is 0. The Kier molecular flexibility index (Phi) is 5.30. The second kappa shape index (κ2) is 7.55. The van der Waals surface area contributed by atoms with Crippen molar-refractivity contribution in [3.05, 3.63) is 29.3 Å². The monoisotopic (exact) mass is 390 g/mol. The average molecular weight is 391 g/mol. The maximum atomic E-state index is 13.0.